The minimum Gasteiger partial charge on any atom is -0.481 e. The zero-order valence-electron chi connectivity index (χ0n) is 7.37. The number of hydrogen-bond acceptors (Lipinski definition) is 2. The third-order valence-electron chi connectivity index (χ3n) is 2.11. The second-order valence-corrected chi connectivity index (χ2v) is 3.35. The molecule has 0 aliphatic heterocycles. The summed E-state index contributed by atoms with van der Waals surface area (Å²) in [5.41, 5.74) is 0. The molecular weight excluding hydrogens is 196 g/mol. The molecule has 0 saturated heterocycles. The van der Waals surface area contributed by atoms with E-state index < -0.39 is 24.3 Å². The molecule has 14 heavy (non-hydrogen) atoms. The summed E-state index contributed by atoms with van der Waals surface area (Å²) in [7, 11) is 0. The van der Waals surface area contributed by atoms with Crippen molar-refractivity contribution in [3.05, 3.63) is 0 Å². The number of halogens is 2. The molecule has 0 bridgehead atoms. The first-order chi connectivity index (χ1) is 6.50. The van der Waals surface area contributed by atoms with E-state index in [0.717, 1.165) is 12.8 Å². The Labute approximate surface area is 79.3 Å². The van der Waals surface area contributed by atoms with Crippen molar-refractivity contribution in [3.8, 4) is 0 Å². The van der Waals surface area contributed by atoms with E-state index in [9.17, 15) is 18.4 Å². The van der Waals surface area contributed by atoms with Crippen LogP contribution in [0.2, 0.25) is 0 Å². The Morgan fingerprint density at radius 1 is 1.43 bits per heavy atom. The maximum Gasteiger partial charge on any atom is 0.315 e. The maximum atomic E-state index is 11.9. The van der Waals surface area contributed by atoms with E-state index in [1.807, 2.05) is 5.32 Å². The van der Waals surface area contributed by atoms with Crippen LogP contribution in [0.4, 0.5) is 8.78 Å². The number of amides is 1. The fourth-order valence-corrected chi connectivity index (χ4v) is 1.27. The Morgan fingerprint density at radius 3 is 2.36 bits per heavy atom. The lowest BCUT2D eigenvalue weighted by atomic mass is 10.1. The maximum absolute atomic E-state index is 11.9. The van der Waals surface area contributed by atoms with E-state index in [-0.39, 0.29) is 12.3 Å². The van der Waals surface area contributed by atoms with E-state index in [0.29, 0.717) is 0 Å². The molecule has 1 aliphatic rings. The minimum atomic E-state index is -3.08. The van der Waals surface area contributed by atoms with Crippen molar-refractivity contribution < 1.29 is 23.5 Å². The number of carbonyl (C=O) groups excluding carboxylic acids is 1. The van der Waals surface area contributed by atoms with Crippen LogP contribution in [-0.2, 0) is 9.59 Å². The molecule has 1 saturated carbocycles. The molecule has 1 aliphatic carbocycles. The van der Waals surface area contributed by atoms with Crippen LogP contribution < -0.4 is 5.32 Å². The number of nitrogens with one attached hydrogen (secondary N) is 1. The van der Waals surface area contributed by atoms with Crippen molar-refractivity contribution in [1.82, 2.24) is 5.32 Å². The first-order valence-corrected chi connectivity index (χ1v) is 4.31. The Hall–Kier alpha value is -1.20. The molecule has 1 atom stereocenters. The summed E-state index contributed by atoms with van der Waals surface area (Å²) in [6.45, 7) is 0. The van der Waals surface area contributed by atoms with Crippen LogP contribution in [0.3, 0.4) is 0 Å². The summed E-state index contributed by atoms with van der Waals surface area (Å²) in [6.07, 6.45) is -1.78. The molecule has 1 rings (SSSR count). The van der Waals surface area contributed by atoms with Gasteiger partial charge in [-0.1, -0.05) is 0 Å². The van der Waals surface area contributed by atoms with Gasteiger partial charge in [0.1, 0.15) is 0 Å². The second kappa shape index (κ2) is 4.34. The van der Waals surface area contributed by atoms with Gasteiger partial charge in [0.15, 0.2) is 0 Å². The van der Waals surface area contributed by atoms with Gasteiger partial charge in [0, 0.05) is 6.04 Å². The lowest BCUT2D eigenvalue weighted by Gasteiger charge is -2.15. The molecule has 1 unspecified atom stereocenters. The molecule has 0 aromatic rings. The van der Waals surface area contributed by atoms with Gasteiger partial charge in [-0.05, 0) is 18.8 Å². The normalized spacial score (nSPS) is 17.9. The highest BCUT2D eigenvalue weighted by molar-refractivity contribution is 5.80. The molecule has 0 heterocycles. The first kappa shape index (κ1) is 10.9. The standard InChI is InChI=1S/C8H11F2NO3/c9-7(10)8(14)11-5(3-6(12)13)4-1-2-4/h4-5,7H,1-3H2,(H,11,14)(H,12,13). The average Bonchev–Trinajstić information content (AvgIpc) is 2.83. The minimum absolute atomic E-state index is 0.0498. The number of carboxylic acids is 1. The summed E-state index contributed by atoms with van der Waals surface area (Å²) < 4.78 is 23.7. The second-order valence-electron chi connectivity index (χ2n) is 3.35. The molecule has 1 fully saturated rings. The molecule has 0 aromatic heterocycles. The quantitative estimate of drug-likeness (QED) is 0.694. The van der Waals surface area contributed by atoms with E-state index in [4.69, 9.17) is 5.11 Å². The van der Waals surface area contributed by atoms with Crippen LogP contribution in [0.15, 0.2) is 0 Å². The molecule has 4 nitrogen and oxygen atoms in total. The number of hydrogen-bond donors (Lipinski definition) is 2. The summed E-state index contributed by atoms with van der Waals surface area (Å²) >= 11 is 0. The van der Waals surface area contributed by atoms with Gasteiger partial charge >= 0.3 is 12.4 Å². The van der Waals surface area contributed by atoms with Crippen LogP contribution in [0.5, 0.6) is 0 Å². The third-order valence-corrected chi connectivity index (χ3v) is 2.11. The highest BCUT2D eigenvalue weighted by Crippen LogP contribution is 2.34. The highest BCUT2D eigenvalue weighted by atomic mass is 19.3. The topological polar surface area (TPSA) is 66.4 Å². The number of alkyl halides is 2. The largest absolute Gasteiger partial charge is 0.481 e. The molecule has 2 N–H and O–H groups in total. The summed E-state index contributed by atoms with van der Waals surface area (Å²) in [5, 5.41) is 10.5. The summed E-state index contributed by atoms with van der Waals surface area (Å²) in [5.74, 6) is -2.42. The molecule has 0 spiro atoms. The van der Waals surface area contributed by atoms with E-state index in [1.54, 1.807) is 0 Å². The van der Waals surface area contributed by atoms with Crippen molar-refractivity contribution >= 4 is 11.9 Å². The van der Waals surface area contributed by atoms with Gasteiger partial charge in [0.25, 0.3) is 5.91 Å². The van der Waals surface area contributed by atoms with Gasteiger partial charge < -0.3 is 10.4 Å². The van der Waals surface area contributed by atoms with Gasteiger partial charge in [0.05, 0.1) is 6.42 Å². The van der Waals surface area contributed by atoms with Gasteiger partial charge in [-0.15, -0.1) is 0 Å². The Kier molecular flexibility index (Phi) is 3.38. The van der Waals surface area contributed by atoms with E-state index in [1.165, 1.54) is 0 Å². The molecule has 6 heteroatoms. The Bertz CT molecular complexity index is 241. The van der Waals surface area contributed by atoms with Crippen molar-refractivity contribution in [2.45, 2.75) is 31.7 Å². The molecule has 0 aromatic carbocycles. The highest BCUT2D eigenvalue weighted by Gasteiger charge is 2.34. The third kappa shape index (κ3) is 3.27. The molecular formula is C8H11F2NO3. The smallest absolute Gasteiger partial charge is 0.315 e. The van der Waals surface area contributed by atoms with Crippen molar-refractivity contribution in [3.63, 3.8) is 0 Å². The van der Waals surface area contributed by atoms with Crippen molar-refractivity contribution in [2.24, 2.45) is 5.92 Å². The zero-order chi connectivity index (χ0) is 10.7. The van der Waals surface area contributed by atoms with Crippen molar-refractivity contribution in [2.75, 3.05) is 0 Å². The van der Waals surface area contributed by atoms with Crippen LogP contribution >= 0.6 is 0 Å². The number of carbonyl (C=O) groups is 2. The predicted octanol–water partition coefficient (Wildman–Crippen LogP) is 0.621. The fourth-order valence-electron chi connectivity index (χ4n) is 1.27. The fraction of sp³-hybridized carbons (Fsp3) is 0.750. The Morgan fingerprint density at radius 2 is 2.00 bits per heavy atom. The monoisotopic (exact) mass is 207 g/mol. The lowest BCUT2D eigenvalue weighted by molar-refractivity contribution is -0.138. The summed E-state index contributed by atoms with van der Waals surface area (Å²) in [6, 6.07) is -0.644. The number of carboxylic acid groups (broad SMARTS) is 1. The average molecular weight is 207 g/mol. The van der Waals surface area contributed by atoms with Crippen molar-refractivity contribution in [1.29, 1.82) is 0 Å². The van der Waals surface area contributed by atoms with E-state index >= 15 is 0 Å². The molecule has 80 valence electrons. The Balaban J connectivity index is 2.42. The summed E-state index contributed by atoms with van der Waals surface area (Å²) in [4.78, 5) is 21.0. The first-order valence-electron chi connectivity index (χ1n) is 4.31. The van der Waals surface area contributed by atoms with Gasteiger partial charge in [-0.25, -0.2) is 0 Å². The molecule has 0 radical (unpaired) electrons. The van der Waals surface area contributed by atoms with E-state index in [2.05, 4.69) is 0 Å². The lowest BCUT2D eigenvalue weighted by Crippen LogP contribution is -2.41. The van der Waals surface area contributed by atoms with Crippen LogP contribution in [0, 0.1) is 5.92 Å². The van der Waals surface area contributed by atoms with Gasteiger partial charge in [0.2, 0.25) is 0 Å². The SMILES string of the molecule is O=C(O)CC(NC(=O)C(F)F)C1CC1. The van der Waals surface area contributed by atoms with Crippen LogP contribution in [0.1, 0.15) is 19.3 Å². The van der Waals surface area contributed by atoms with Gasteiger partial charge in [-0.3, -0.25) is 9.59 Å². The van der Waals surface area contributed by atoms with Crippen LogP contribution in [-0.4, -0.2) is 29.5 Å². The van der Waals surface area contributed by atoms with Crippen LogP contribution in [0.25, 0.3) is 0 Å². The molecule has 1 amide bonds. The van der Waals surface area contributed by atoms with Gasteiger partial charge in [-0.2, -0.15) is 8.78 Å². The zero-order valence-corrected chi connectivity index (χ0v) is 7.37. The number of rotatable bonds is 5. The predicted molar refractivity (Wildman–Crippen MR) is 42.9 cm³/mol. The number of aliphatic carboxylic acids is 1.